The number of benzene rings is 2. The Labute approximate surface area is 319 Å². The van der Waals surface area contributed by atoms with Gasteiger partial charge in [0, 0.05) is 0 Å². The van der Waals surface area contributed by atoms with Crippen LogP contribution in [0.4, 0.5) is 43.9 Å². The van der Waals surface area contributed by atoms with E-state index in [1.807, 2.05) is 39.3 Å². The molecule has 0 aliphatic heterocycles. The molecule has 1 heterocycles. The first-order chi connectivity index (χ1) is 24.4. The maximum absolute atomic E-state index is 16.5. The molecule has 0 spiro atoms. The van der Waals surface area contributed by atoms with Gasteiger partial charge in [-0.15, -0.1) is 11.1 Å². The first kappa shape index (κ1) is 45.1. The van der Waals surface area contributed by atoms with E-state index in [0.717, 1.165) is 16.9 Å². The zero-order valence-electron chi connectivity index (χ0n) is 32.1. The predicted molar refractivity (Wildman–Crippen MR) is 209 cm³/mol. The number of halogens is 11. The van der Waals surface area contributed by atoms with Gasteiger partial charge in [0.2, 0.25) is 5.82 Å². The second kappa shape index (κ2) is 15.7. The molecule has 17 heteroatoms. The van der Waals surface area contributed by atoms with Gasteiger partial charge >= 0.3 is 5.70 Å². The van der Waals surface area contributed by atoms with Crippen molar-refractivity contribution in [3.63, 3.8) is 0 Å². The number of pyridine rings is 1. The Morgan fingerprint density at radius 1 is 0.500 bits per heavy atom. The van der Waals surface area contributed by atoms with Crippen molar-refractivity contribution in [1.29, 1.82) is 0 Å². The largest absolute Gasteiger partial charge is 0.423 e. The number of nitrogens with zero attached hydrogens (tertiary/aromatic N) is 1. The summed E-state index contributed by atoms with van der Waals surface area (Å²) < 4.78 is 158. The molecule has 0 aliphatic carbocycles. The summed E-state index contributed by atoms with van der Waals surface area (Å²) in [6.45, 7) is 21.0. The Hall–Kier alpha value is -3.29. The maximum Gasteiger partial charge on any atom is 0.423 e. The highest BCUT2D eigenvalue weighted by molar-refractivity contribution is 7.28. The molecule has 1 nitrogen and oxygen atoms in total. The van der Waals surface area contributed by atoms with Gasteiger partial charge in [-0.3, -0.25) is 11.5 Å². The van der Waals surface area contributed by atoms with Gasteiger partial charge < -0.3 is 4.48 Å². The van der Waals surface area contributed by atoms with E-state index in [1.54, 1.807) is 39.3 Å². The van der Waals surface area contributed by atoms with Crippen LogP contribution in [0.25, 0.3) is 5.57 Å². The average Bonchev–Trinajstić information content (AvgIpc) is 3.04. The van der Waals surface area contributed by atoms with Crippen molar-refractivity contribution >= 4 is 60.5 Å². The molecule has 0 amide bonds. The van der Waals surface area contributed by atoms with Gasteiger partial charge in [-0.2, -0.15) is 0 Å². The molecule has 0 unspecified atom stereocenters. The molecule has 0 aliphatic rings. The number of aromatic nitrogens is 1. The molecule has 1 atom stereocenters. The summed E-state index contributed by atoms with van der Waals surface area (Å²) in [7, 11) is -11.4. The monoisotopic (exact) mass is 847 g/mol. The van der Waals surface area contributed by atoms with Gasteiger partial charge in [0.25, 0.3) is 0 Å². The standard InChI is InChI=1S/C37H41BClF10NSi4/c1-51(2,3)20-16-22(53(7,8)9)24(25-28(40)32(44)36(48)33(45)29(25)41)26(23(54(10,11)12)17-21-52(4,5)6)38(39,50-18-14-13-15-19-50)27-30(42)34(46)37(49)35(47)31(27)43/h13-15,18-19H,1-12H3/b24-22-,26-23-/t38-/m1/s1. The van der Waals surface area contributed by atoms with Crippen molar-refractivity contribution in [2.24, 2.45) is 0 Å². The fourth-order valence-corrected chi connectivity index (χ4v) is 10.5. The highest BCUT2D eigenvalue weighted by Gasteiger charge is 2.52. The van der Waals surface area contributed by atoms with Crippen molar-refractivity contribution in [2.45, 2.75) is 78.6 Å². The third-order valence-corrected chi connectivity index (χ3v) is 14.2. The summed E-state index contributed by atoms with van der Waals surface area (Å²) in [6, 6.07) is 4.08. The van der Waals surface area contributed by atoms with Gasteiger partial charge in [-0.25, -0.2) is 43.9 Å². The first-order valence-corrected chi connectivity index (χ1v) is 31.2. The molecule has 1 aromatic heterocycles. The summed E-state index contributed by atoms with van der Waals surface area (Å²) in [4.78, 5) is 0. The van der Waals surface area contributed by atoms with E-state index in [-0.39, 0.29) is 10.4 Å². The second-order valence-electron chi connectivity index (χ2n) is 17.0. The molecule has 0 bridgehead atoms. The first-order valence-electron chi connectivity index (χ1n) is 16.8. The Morgan fingerprint density at radius 3 is 1.19 bits per heavy atom. The maximum atomic E-state index is 16.5. The highest BCUT2D eigenvalue weighted by Crippen LogP contribution is 2.44. The molecule has 3 rings (SSSR count). The van der Waals surface area contributed by atoms with Crippen LogP contribution in [-0.2, 0) is 0 Å². The van der Waals surface area contributed by atoms with Crippen molar-refractivity contribution in [3.05, 3.63) is 110 Å². The smallest absolute Gasteiger partial charge is 0.405 e. The fraction of sp³-hybridized carbons (Fsp3) is 0.324. The minimum Gasteiger partial charge on any atom is -0.405 e. The van der Waals surface area contributed by atoms with Crippen molar-refractivity contribution in [3.8, 4) is 22.9 Å². The molecule has 54 heavy (non-hydrogen) atoms. The molecule has 290 valence electrons. The van der Waals surface area contributed by atoms with E-state index in [4.69, 9.17) is 11.5 Å². The van der Waals surface area contributed by atoms with Crippen LogP contribution in [-0.4, -0.2) is 38.0 Å². The minimum absolute atomic E-state index is 0.0929. The molecule has 0 saturated heterocycles. The van der Waals surface area contributed by atoms with Crippen molar-refractivity contribution in [1.82, 2.24) is 0 Å². The van der Waals surface area contributed by atoms with Gasteiger partial charge in [0.05, 0.1) is 21.7 Å². The molecule has 0 fully saturated rings. The normalized spacial score (nSPS) is 14.6. The zero-order chi connectivity index (χ0) is 41.7. The van der Waals surface area contributed by atoms with Gasteiger partial charge in [0.15, 0.2) is 40.7 Å². The summed E-state index contributed by atoms with van der Waals surface area (Å²) >= 11 is 7.59. The molecule has 2 aromatic carbocycles. The Bertz CT molecular complexity index is 2140. The van der Waals surface area contributed by atoms with Crippen LogP contribution in [0, 0.1) is 81.1 Å². The average molecular weight is 848 g/mol. The number of hydrogen-bond donors (Lipinski definition) is 0. The molecular formula is C37H41BClF10NSi4. The van der Waals surface area contributed by atoms with E-state index in [9.17, 15) is 8.78 Å². The van der Waals surface area contributed by atoms with Gasteiger partial charge in [-0.1, -0.05) is 102 Å². The lowest BCUT2D eigenvalue weighted by Crippen LogP contribution is -2.72. The molecule has 0 radical (unpaired) electrons. The van der Waals surface area contributed by atoms with Crippen LogP contribution in [0.15, 0.2) is 46.5 Å². The third kappa shape index (κ3) is 9.05. The Balaban J connectivity index is 3.18. The van der Waals surface area contributed by atoms with Crippen LogP contribution in [0.2, 0.25) is 78.6 Å². The van der Waals surface area contributed by atoms with E-state index in [0.29, 0.717) is 0 Å². The number of rotatable bonds is 7. The lowest BCUT2D eigenvalue weighted by atomic mass is 9.44. The van der Waals surface area contributed by atoms with Crippen molar-refractivity contribution in [2.75, 3.05) is 0 Å². The molecule has 0 saturated carbocycles. The topological polar surface area (TPSA) is 3.88 Å². The fourth-order valence-electron chi connectivity index (χ4n) is 5.56. The van der Waals surface area contributed by atoms with Crippen LogP contribution in [0.1, 0.15) is 5.56 Å². The summed E-state index contributed by atoms with van der Waals surface area (Å²) in [5.74, 6) is -17.8. The van der Waals surface area contributed by atoms with E-state index >= 15 is 35.1 Å². The second-order valence-corrected chi connectivity index (χ2v) is 37.1. The van der Waals surface area contributed by atoms with Gasteiger partial charge in [-0.05, 0) is 33.6 Å². The lowest BCUT2D eigenvalue weighted by molar-refractivity contribution is -0.538. The van der Waals surface area contributed by atoms with Crippen LogP contribution >= 0.6 is 11.5 Å². The highest BCUT2D eigenvalue weighted by atomic mass is 35.5. The third-order valence-electron chi connectivity index (χ3n) is 8.03. The summed E-state index contributed by atoms with van der Waals surface area (Å²) in [6.07, 6.45) is 2.27. The van der Waals surface area contributed by atoms with Crippen LogP contribution < -0.4 is 9.94 Å². The molecular weight excluding hydrogens is 807 g/mol. The van der Waals surface area contributed by atoms with Crippen LogP contribution in [0.5, 0.6) is 0 Å². The Kier molecular flexibility index (Phi) is 13.1. The van der Waals surface area contributed by atoms with E-state index in [2.05, 4.69) is 22.9 Å². The van der Waals surface area contributed by atoms with Crippen molar-refractivity contribution < 1.29 is 48.4 Å². The van der Waals surface area contributed by atoms with E-state index in [1.165, 1.54) is 18.2 Å². The Morgan fingerprint density at radius 2 is 0.833 bits per heavy atom. The molecule has 3 aromatic rings. The SMILES string of the molecule is C[Si](C)(C)C#C/C(=C(/C(=C(\C#C[Si](C)(C)C)[Si](C)(C)C)[B@-](Cl)(c1c(F)c(F)c(F)c(F)c1F)[n+]1ccccc1)c1c(F)c(F)c(F)c(F)c1F)[Si](C)(C)C. The van der Waals surface area contributed by atoms with E-state index < -0.39 is 118 Å². The van der Waals surface area contributed by atoms with Gasteiger partial charge in [0.1, 0.15) is 40.2 Å². The predicted octanol–water partition coefficient (Wildman–Crippen LogP) is 10.6. The quantitative estimate of drug-likeness (QED) is 0.0557. The minimum atomic E-state index is -4.28. The summed E-state index contributed by atoms with van der Waals surface area (Å²) in [5.41, 5.74) is -2.70. The number of allylic oxidation sites excluding steroid dienone is 4. The lowest BCUT2D eigenvalue weighted by Gasteiger charge is -2.39. The zero-order valence-corrected chi connectivity index (χ0v) is 36.8. The molecule has 0 N–H and O–H groups in total. The van der Waals surface area contributed by atoms with Crippen LogP contribution in [0.3, 0.4) is 0 Å². The number of hydrogen-bond acceptors (Lipinski definition) is 0. The summed E-state index contributed by atoms with van der Waals surface area (Å²) in [5, 5.41) is -0.245.